The molecule has 0 saturated heterocycles. The Balaban J connectivity index is 1.36. The van der Waals surface area contributed by atoms with E-state index in [9.17, 15) is 4.79 Å². The Morgan fingerprint density at radius 1 is 0.700 bits per heavy atom. The van der Waals surface area contributed by atoms with Crippen molar-refractivity contribution in [3.05, 3.63) is 81.8 Å². The number of hydrogen-bond donors (Lipinski definition) is 0. The number of carbonyl (C=O) groups excluding carboxylic acids is 1. The average molecular weight is 610 g/mol. The molecule has 204 valence electrons. The molecule has 9 heteroatoms. The summed E-state index contributed by atoms with van der Waals surface area (Å²) in [6.45, 7) is 0. The number of hydrogen-bond acceptors (Lipinski definition) is 7. The number of rotatable bonds is 10. The largest absolute Gasteiger partial charge is 0.480 e. The Hall–Kier alpha value is -2.71. The second-order valence-corrected chi connectivity index (χ2v) is 13.3. The minimum absolute atomic E-state index is 0.0170. The van der Waals surface area contributed by atoms with Gasteiger partial charge in [-0.3, -0.25) is 4.79 Å². The van der Waals surface area contributed by atoms with Gasteiger partial charge in [0.2, 0.25) is 11.8 Å². The fourth-order valence-electron chi connectivity index (χ4n) is 4.28. The van der Waals surface area contributed by atoms with Crippen LogP contribution in [-0.2, 0) is 0 Å². The first-order chi connectivity index (χ1) is 19.4. The van der Waals surface area contributed by atoms with Crippen molar-refractivity contribution in [1.82, 2.24) is 9.97 Å². The lowest BCUT2D eigenvalue weighted by Gasteiger charge is -2.14. The van der Waals surface area contributed by atoms with Crippen molar-refractivity contribution in [3.63, 3.8) is 0 Å². The molecule has 0 atom stereocenters. The van der Waals surface area contributed by atoms with Gasteiger partial charge in [-0.15, -0.1) is 23.5 Å². The first-order valence-electron chi connectivity index (χ1n) is 13.0. The van der Waals surface area contributed by atoms with Gasteiger partial charge in [0.25, 0.3) is 0 Å². The predicted octanol–water partition coefficient (Wildman–Crippen LogP) is 8.87. The molecule has 2 aromatic heterocycles. The topological polar surface area (TPSA) is 61.3 Å². The number of carbonyl (C=O) groups is 1. The molecule has 0 amide bonds. The summed E-state index contributed by atoms with van der Waals surface area (Å²) in [6, 6.07) is 19.1. The van der Waals surface area contributed by atoms with E-state index in [1.54, 1.807) is 49.9 Å². The highest BCUT2D eigenvalue weighted by molar-refractivity contribution is 8.00. The molecular formula is C31H26Cl2N2O3S2. The van der Waals surface area contributed by atoms with Gasteiger partial charge in [-0.25, -0.2) is 9.97 Å². The Labute approximate surface area is 252 Å². The summed E-state index contributed by atoms with van der Waals surface area (Å²) >= 11 is 16.0. The van der Waals surface area contributed by atoms with Gasteiger partial charge in [0.05, 0.1) is 25.6 Å². The summed E-state index contributed by atoms with van der Waals surface area (Å²) in [5.74, 6) is 0.752. The van der Waals surface area contributed by atoms with Gasteiger partial charge in [0.1, 0.15) is 10.0 Å². The van der Waals surface area contributed by atoms with Crippen molar-refractivity contribution in [2.24, 2.45) is 0 Å². The Kier molecular flexibility index (Phi) is 8.00. The lowest BCUT2D eigenvalue weighted by Crippen LogP contribution is -2.03. The number of thioether (sulfide) groups is 2. The van der Waals surface area contributed by atoms with Gasteiger partial charge in [0.15, 0.2) is 5.78 Å². The van der Waals surface area contributed by atoms with E-state index in [0.29, 0.717) is 43.4 Å². The molecule has 2 fully saturated rings. The maximum absolute atomic E-state index is 13.8. The summed E-state index contributed by atoms with van der Waals surface area (Å²) in [7, 11) is 3.11. The summed E-state index contributed by atoms with van der Waals surface area (Å²) in [6.07, 6.45) is 4.69. The van der Waals surface area contributed by atoms with Crippen LogP contribution in [0.2, 0.25) is 10.0 Å². The zero-order valence-corrected chi connectivity index (χ0v) is 25.1. The van der Waals surface area contributed by atoms with Crippen LogP contribution in [0.25, 0.3) is 22.5 Å². The molecule has 2 heterocycles. The van der Waals surface area contributed by atoms with Crippen LogP contribution in [0.4, 0.5) is 0 Å². The smallest absolute Gasteiger partial charge is 0.232 e. The zero-order chi connectivity index (χ0) is 27.8. The average Bonchev–Trinajstić information content (AvgIpc) is 3.91. The van der Waals surface area contributed by atoms with Crippen LogP contribution in [0.5, 0.6) is 11.8 Å². The van der Waals surface area contributed by atoms with Crippen LogP contribution in [0.1, 0.15) is 41.6 Å². The fourth-order valence-corrected chi connectivity index (χ4v) is 7.09. The minimum atomic E-state index is -0.0170. The standard InChI is InChI=1S/C31H26Cl2N2O3S2/c1-37-30-23(32)11-13-25(34-30)21-9-3-17(15-27(21)39-19-5-6-19)29(36)18-4-10-22(28(16-18)40-20-7-8-20)26-14-12-24(33)31(35-26)38-2/h3-4,9-16,19-20H,5-8H2,1-2H3. The number of halogens is 2. The Morgan fingerprint density at radius 2 is 1.12 bits per heavy atom. The third kappa shape index (κ3) is 5.98. The summed E-state index contributed by atoms with van der Waals surface area (Å²) in [5, 5.41) is 2.04. The van der Waals surface area contributed by atoms with E-state index in [2.05, 4.69) is 9.97 Å². The second-order valence-electron chi connectivity index (χ2n) is 9.76. The van der Waals surface area contributed by atoms with Crippen LogP contribution in [0.3, 0.4) is 0 Å². The van der Waals surface area contributed by atoms with Crippen molar-refractivity contribution in [3.8, 4) is 34.3 Å². The van der Waals surface area contributed by atoms with Gasteiger partial charge in [-0.1, -0.05) is 47.5 Å². The predicted molar refractivity (Wildman–Crippen MR) is 164 cm³/mol. The summed E-state index contributed by atoms with van der Waals surface area (Å²) in [4.78, 5) is 25.1. The summed E-state index contributed by atoms with van der Waals surface area (Å²) < 4.78 is 10.7. The lowest BCUT2D eigenvalue weighted by molar-refractivity contribution is 0.103. The van der Waals surface area contributed by atoms with E-state index < -0.39 is 0 Å². The third-order valence-corrected chi connectivity index (χ3v) is 10.1. The van der Waals surface area contributed by atoms with Crippen LogP contribution in [0, 0.1) is 0 Å². The number of methoxy groups -OCH3 is 2. The van der Waals surface area contributed by atoms with Crippen LogP contribution < -0.4 is 9.47 Å². The highest BCUT2D eigenvalue weighted by Gasteiger charge is 2.27. The Morgan fingerprint density at radius 3 is 1.50 bits per heavy atom. The van der Waals surface area contributed by atoms with Crippen molar-refractivity contribution < 1.29 is 14.3 Å². The van der Waals surface area contributed by atoms with Crippen LogP contribution >= 0.6 is 46.7 Å². The zero-order valence-electron chi connectivity index (χ0n) is 21.9. The van der Waals surface area contributed by atoms with Crippen molar-refractivity contribution >= 4 is 52.5 Å². The summed E-state index contributed by atoms with van der Waals surface area (Å²) in [5.41, 5.74) is 4.75. The first-order valence-corrected chi connectivity index (χ1v) is 15.5. The van der Waals surface area contributed by atoms with E-state index >= 15 is 0 Å². The van der Waals surface area contributed by atoms with Gasteiger partial charge in [-0.05, 0) is 62.1 Å². The molecule has 2 aliphatic rings. The number of benzene rings is 2. The number of ether oxygens (including phenoxy) is 2. The van der Waals surface area contributed by atoms with Gasteiger partial charge in [0, 0.05) is 42.5 Å². The molecule has 0 unspecified atom stereocenters. The number of ketones is 1. The Bertz CT molecular complexity index is 1490. The van der Waals surface area contributed by atoms with Crippen molar-refractivity contribution in [1.29, 1.82) is 0 Å². The molecule has 5 nitrogen and oxygen atoms in total. The van der Waals surface area contributed by atoms with Crippen LogP contribution in [-0.4, -0.2) is 40.5 Å². The van der Waals surface area contributed by atoms with E-state index in [0.717, 1.165) is 32.3 Å². The van der Waals surface area contributed by atoms with Gasteiger partial charge in [-0.2, -0.15) is 0 Å². The van der Waals surface area contributed by atoms with E-state index in [-0.39, 0.29) is 5.78 Å². The molecule has 0 spiro atoms. The van der Waals surface area contributed by atoms with E-state index in [4.69, 9.17) is 32.7 Å². The second kappa shape index (κ2) is 11.6. The molecule has 2 aromatic carbocycles. The van der Waals surface area contributed by atoms with Gasteiger partial charge >= 0.3 is 0 Å². The molecule has 0 bridgehead atoms. The molecule has 0 N–H and O–H groups in total. The van der Waals surface area contributed by atoms with Crippen LogP contribution in [0.15, 0.2) is 70.5 Å². The van der Waals surface area contributed by atoms with Gasteiger partial charge < -0.3 is 9.47 Å². The first kappa shape index (κ1) is 27.5. The third-order valence-electron chi connectivity index (χ3n) is 6.69. The van der Waals surface area contributed by atoms with Crippen molar-refractivity contribution in [2.45, 2.75) is 46.0 Å². The molecule has 4 aromatic rings. The fraction of sp³-hybridized carbons (Fsp3) is 0.258. The number of pyridine rings is 2. The van der Waals surface area contributed by atoms with E-state index in [1.807, 2.05) is 48.5 Å². The maximum atomic E-state index is 13.8. The molecule has 2 aliphatic carbocycles. The van der Waals surface area contributed by atoms with E-state index in [1.165, 1.54) is 25.7 Å². The highest BCUT2D eigenvalue weighted by atomic mass is 35.5. The molecule has 40 heavy (non-hydrogen) atoms. The number of nitrogens with zero attached hydrogens (tertiary/aromatic N) is 2. The number of aromatic nitrogens is 2. The maximum Gasteiger partial charge on any atom is 0.232 e. The SMILES string of the molecule is COc1nc(-c2ccc(C(=O)c3ccc(-c4ccc(Cl)c(OC)n4)c(SC4CC4)c3)cc2SC2CC2)ccc1Cl. The molecule has 0 radical (unpaired) electrons. The lowest BCUT2D eigenvalue weighted by atomic mass is 9.99. The minimum Gasteiger partial charge on any atom is -0.480 e. The molecule has 0 aliphatic heterocycles. The highest BCUT2D eigenvalue weighted by Crippen LogP contribution is 2.45. The molecule has 6 rings (SSSR count). The molecular weight excluding hydrogens is 583 g/mol. The van der Waals surface area contributed by atoms with Crippen molar-refractivity contribution in [2.75, 3.05) is 14.2 Å². The quantitative estimate of drug-likeness (QED) is 0.167. The monoisotopic (exact) mass is 608 g/mol. The normalized spacial score (nSPS) is 14.7. The molecule has 2 saturated carbocycles.